The van der Waals surface area contributed by atoms with E-state index in [0.717, 1.165) is 5.56 Å². The topological polar surface area (TPSA) is 62.7 Å². The molecule has 3 fully saturated rings. The second-order valence-electron chi connectivity index (χ2n) is 8.45. The molecule has 0 radical (unpaired) electrons. The number of pyridine rings is 1. The number of piperidine rings is 1. The van der Waals surface area contributed by atoms with E-state index in [9.17, 15) is 18.4 Å². The van der Waals surface area contributed by atoms with Crippen LogP contribution in [-0.2, 0) is 20.7 Å². The molecule has 8 heteroatoms. The van der Waals surface area contributed by atoms with Crippen molar-refractivity contribution in [3.63, 3.8) is 0 Å². The number of amides is 2. The summed E-state index contributed by atoms with van der Waals surface area (Å²) < 4.78 is 33.1. The number of halogens is 2. The molecule has 0 N–H and O–H groups in total. The van der Waals surface area contributed by atoms with Crippen molar-refractivity contribution < 1.29 is 23.1 Å². The first-order valence-corrected chi connectivity index (χ1v) is 10.1. The van der Waals surface area contributed by atoms with Crippen molar-refractivity contribution in [1.82, 2.24) is 14.8 Å². The zero-order valence-corrected chi connectivity index (χ0v) is 16.0. The first-order valence-electron chi connectivity index (χ1n) is 10.1. The first kappa shape index (κ1) is 18.7. The summed E-state index contributed by atoms with van der Waals surface area (Å²) in [4.78, 5) is 33.6. The highest BCUT2D eigenvalue weighted by molar-refractivity contribution is 5.93. The van der Waals surface area contributed by atoms with Crippen LogP contribution >= 0.6 is 0 Å². The average Bonchev–Trinajstić information content (AvgIpc) is 3.35. The Balaban J connectivity index is 1.31. The number of rotatable bonds is 4. The van der Waals surface area contributed by atoms with Gasteiger partial charge in [-0.05, 0) is 24.1 Å². The number of aromatic nitrogens is 1. The fourth-order valence-corrected chi connectivity index (χ4v) is 5.13. The van der Waals surface area contributed by atoms with Crippen LogP contribution in [0.25, 0.3) is 0 Å². The second kappa shape index (κ2) is 6.58. The van der Waals surface area contributed by atoms with Gasteiger partial charge in [-0.3, -0.25) is 14.6 Å². The number of nitrogens with zero attached hydrogens (tertiary/aromatic N) is 3. The monoisotopic (exact) mass is 403 g/mol. The van der Waals surface area contributed by atoms with Crippen LogP contribution < -0.4 is 0 Å². The van der Waals surface area contributed by atoms with Crippen molar-refractivity contribution in [2.45, 2.75) is 36.9 Å². The van der Waals surface area contributed by atoms with Crippen molar-refractivity contribution in [3.05, 3.63) is 42.2 Å². The fraction of sp³-hybridized carbons (Fsp3) is 0.571. The highest BCUT2D eigenvalue weighted by Crippen LogP contribution is 2.52. The third-order valence-electron chi connectivity index (χ3n) is 6.69. The van der Waals surface area contributed by atoms with E-state index in [1.54, 1.807) is 17.3 Å². The molecule has 2 amide bonds. The third kappa shape index (κ3) is 3.04. The second-order valence-corrected chi connectivity index (χ2v) is 8.45. The first-order chi connectivity index (χ1) is 13.9. The Kier molecular flexibility index (Phi) is 4.24. The zero-order chi connectivity index (χ0) is 20.2. The molecule has 0 saturated carbocycles. The minimum Gasteiger partial charge on any atom is -0.360 e. The molecule has 3 saturated heterocycles. The number of alkyl halides is 2. The molecular weight excluding hydrogens is 380 g/mol. The van der Waals surface area contributed by atoms with Gasteiger partial charge in [0.2, 0.25) is 11.8 Å². The van der Waals surface area contributed by atoms with E-state index in [0.29, 0.717) is 19.5 Å². The number of hydrogen-bond acceptors (Lipinski definition) is 4. The number of ether oxygens (including phenoxy) is 1. The van der Waals surface area contributed by atoms with Crippen LogP contribution in [0.2, 0.25) is 0 Å². The van der Waals surface area contributed by atoms with Crippen molar-refractivity contribution in [1.29, 1.82) is 0 Å². The Hall–Kier alpha value is -2.35. The molecule has 0 aromatic carbocycles. The number of fused-ring (bicyclic) bond motifs is 1. The lowest BCUT2D eigenvalue weighted by Crippen LogP contribution is -2.50. The fourth-order valence-electron chi connectivity index (χ4n) is 5.13. The van der Waals surface area contributed by atoms with Gasteiger partial charge in [-0.1, -0.05) is 12.2 Å². The summed E-state index contributed by atoms with van der Waals surface area (Å²) in [7, 11) is 0. The molecule has 29 heavy (non-hydrogen) atoms. The third-order valence-corrected chi connectivity index (χ3v) is 6.69. The highest BCUT2D eigenvalue weighted by Gasteiger charge is 2.67. The molecule has 154 valence electrons. The maximum absolute atomic E-state index is 13.5. The molecule has 4 aliphatic heterocycles. The number of likely N-dealkylation sites (tertiary alicyclic amines) is 2. The van der Waals surface area contributed by atoms with Crippen molar-refractivity contribution in [2.24, 2.45) is 11.8 Å². The maximum Gasteiger partial charge on any atom is 0.251 e. The largest absolute Gasteiger partial charge is 0.360 e. The SMILES string of the molecule is O=C(C1C2C=CC3(CN(CCc4ccncc4)C(=O)C13)O2)N1CCC(F)(F)CC1. The molecule has 4 aliphatic rings. The number of carbonyl (C=O) groups excluding carboxylic acids is 2. The van der Waals surface area contributed by atoms with Gasteiger partial charge < -0.3 is 14.5 Å². The molecule has 0 aliphatic carbocycles. The molecule has 6 nitrogen and oxygen atoms in total. The van der Waals surface area contributed by atoms with Crippen LogP contribution in [0, 0.1) is 11.8 Å². The van der Waals surface area contributed by atoms with Gasteiger partial charge in [0, 0.05) is 44.9 Å². The quantitative estimate of drug-likeness (QED) is 0.718. The summed E-state index contributed by atoms with van der Waals surface area (Å²) >= 11 is 0. The van der Waals surface area contributed by atoms with Crippen molar-refractivity contribution >= 4 is 11.8 Å². The van der Waals surface area contributed by atoms with Gasteiger partial charge in [0.1, 0.15) is 5.60 Å². The summed E-state index contributed by atoms with van der Waals surface area (Å²) in [5.74, 6) is -4.21. The lowest BCUT2D eigenvalue weighted by atomic mass is 9.76. The lowest BCUT2D eigenvalue weighted by Gasteiger charge is -2.35. The van der Waals surface area contributed by atoms with E-state index in [2.05, 4.69) is 4.98 Å². The Morgan fingerprint density at radius 1 is 1.24 bits per heavy atom. The lowest BCUT2D eigenvalue weighted by molar-refractivity contribution is -0.147. The average molecular weight is 403 g/mol. The van der Waals surface area contributed by atoms with Crippen LogP contribution in [0.4, 0.5) is 8.78 Å². The Bertz CT molecular complexity index is 852. The van der Waals surface area contributed by atoms with Crippen molar-refractivity contribution in [2.75, 3.05) is 26.2 Å². The van der Waals surface area contributed by atoms with E-state index < -0.39 is 29.5 Å². The smallest absolute Gasteiger partial charge is 0.251 e. The van der Waals surface area contributed by atoms with Crippen LogP contribution in [0.5, 0.6) is 0 Å². The van der Waals surface area contributed by atoms with Gasteiger partial charge >= 0.3 is 0 Å². The van der Waals surface area contributed by atoms with Crippen LogP contribution in [0.1, 0.15) is 18.4 Å². The molecule has 5 heterocycles. The molecule has 4 unspecified atom stereocenters. The molecule has 1 aromatic heterocycles. The van der Waals surface area contributed by atoms with E-state index in [1.807, 2.05) is 24.3 Å². The zero-order valence-electron chi connectivity index (χ0n) is 16.0. The highest BCUT2D eigenvalue weighted by atomic mass is 19.3. The van der Waals surface area contributed by atoms with E-state index in [1.165, 1.54) is 4.90 Å². The Labute approximate surface area is 167 Å². The standard InChI is InChI=1S/C21H23F2N3O3/c22-21(23)6-11-25(12-7-21)18(27)16-15-1-5-20(29-15)13-26(19(28)17(16)20)10-4-14-2-8-24-9-3-14/h1-3,5,8-9,15-17H,4,6-7,10-13H2. The van der Waals surface area contributed by atoms with Crippen LogP contribution in [0.15, 0.2) is 36.7 Å². The van der Waals surface area contributed by atoms with E-state index >= 15 is 0 Å². The summed E-state index contributed by atoms with van der Waals surface area (Å²) in [5.41, 5.74) is 0.324. The summed E-state index contributed by atoms with van der Waals surface area (Å²) in [6.45, 7) is 1.02. The molecule has 1 aromatic rings. The van der Waals surface area contributed by atoms with Crippen LogP contribution in [0.3, 0.4) is 0 Å². The van der Waals surface area contributed by atoms with Gasteiger partial charge in [0.25, 0.3) is 5.92 Å². The summed E-state index contributed by atoms with van der Waals surface area (Å²) in [6, 6.07) is 3.83. The van der Waals surface area contributed by atoms with E-state index in [-0.39, 0.29) is 37.7 Å². The predicted octanol–water partition coefficient (Wildman–Crippen LogP) is 1.66. The molecule has 2 bridgehead atoms. The van der Waals surface area contributed by atoms with Gasteiger partial charge in [-0.25, -0.2) is 8.78 Å². The Morgan fingerprint density at radius 3 is 2.69 bits per heavy atom. The maximum atomic E-state index is 13.5. The van der Waals surface area contributed by atoms with Gasteiger partial charge in [-0.2, -0.15) is 0 Å². The number of hydrogen-bond donors (Lipinski definition) is 0. The minimum absolute atomic E-state index is 0.0262. The van der Waals surface area contributed by atoms with E-state index in [4.69, 9.17) is 4.74 Å². The molecule has 5 rings (SSSR count). The molecule has 1 spiro atoms. The molecular formula is C21H23F2N3O3. The minimum atomic E-state index is -2.71. The predicted molar refractivity (Wildman–Crippen MR) is 99.0 cm³/mol. The van der Waals surface area contributed by atoms with Gasteiger partial charge in [0.15, 0.2) is 0 Å². The van der Waals surface area contributed by atoms with Crippen molar-refractivity contribution in [3.8, 4) is 0 Å². The Morgan fingerprint density at radius 2 is 1.97 bits per heavy atom. The summed E-state index contributed by atoms with van der Waals surface area (Å²) in [5, 5.41) is 0. The van der Waals surface area contributed by atoms with Gasteiger partial charge in [-0.15, -0.1) is 0 Å². The summed E-state index contributed by atoms with van der Waals surface area (Å²) in [6.07, 6.45) is 6.82. The van der Waals surface area contributed by atoms with Gasteiger partial charge in [0.05, 0.1) is 24.5 Å². The van der Waals surface area contributed by atoms with Crippen LogP contribution in [-0.4, -0.2) is 70.4 Å². The number of carbonyl (C=O) groups is 2. The molecule has 4 atom stereocenters. The normalized spacial score (nSPS) is 34.7.